The molecule has 0 saturated heterocycles. The fourth-order valence-electron chi connectivity index (χ4n) is 2.63. The summed E-state index contributed by atoms with van der Waals surface area (Å²) in [6.07, 6.45) is 2.84. The molecule has 2 heterocycles. The van der Waals surface area contributed by atoms with Crippen LogP contribution >= 0.6 is 0 Å². The molecular weight excluding hydrogens is 374 g/mol. The molecular formula is C21H21N3O5. The van der Waals surface area contributed by atoms with Crippen LogP contribution in [-0.2, 0) is 6.61 Å². The molecule has 0 radical (unpaired) electrons. The largest absolute Gasteiger partial charge is 0.497 e. The number of rotatable bonds is 8. The molecule has 2 aromatic heterocycles. The minimum absolute atomic E-state index is 0.0547. The van der Waals surface area contributed by atoms with E-state index in [0.29, 0.717) is 41.9 Å². The summed E-state index contributed by atoms with van der Waals surface area (Å²) < 4.78 is 16.6. The van der Waals surface area contributed by atoms with Crippen molar-refractivity contribution in [1.29, 1.82) is 0 Å². The summed E-state index contributed by atoms with van der Waals surface area (Å²) in [5.41, 5.74) is 1.95. The summed E-state index contributed by atoms with van der Waals surface area (Å²) in [6.45, 7) is 4.25. The number of aromatic carboxylic acids is 1. The van der Waals surface area contributed by atoms with Gasteiger partial charge in [0.05, 0.1) is 30.5 Å². The van der Waals surface area contributed by atoms with Crippen molar-refractivity contribution in [1.82, 2.24) is 15.0 Å². The fraction of sp³-hybridized carbons (Fsp3) is 0.238. The van der Waals surface area contributed by atoms with Gasteiger partial charge in [0, 0.05) is 18.5 Å². The van der Waals surface area contributed by atoms with Crippen LogP contribution in [0.15, 0.2) is 42.7 Å². The Morgan fingerprint density at radius 2 is 1.86 bits per heavy atom. The Kier molecular flexibility index (Phi) is 6.23. The number of aryl methyl sites for hydroxylation is 1. The third kappa shape index (κ3) is 4.78. The van der Waals surface area contributed by atoms with Crippen LogP contribution in [0.1, 0.15) is 28.5 Å². The smallest absolute Gasteiger partial charge is 0.339 e. The molecule has 8 nitrogen and oxygen atoms in total. The van der Waals surface area contributed by atoms with Crippen LogP contribution in [0.2, 0.25) is 0 Å². The Labute approximate surface area is 168 Å². The van der Waals surface area contributed by atoms with Gasteiger partial charge in [-0.25, -0.2) is 19.7 Å². The standard InChI is InChI=1S/C21H21N3O5/c1-4-28-18-9-19(29-12-14-5-7-15(27-3)8-6-14)22-11-17(18)20-23-10-16(21(25)26)13(2)24-20/h5-11H,4,12H2,1-3H3,(H,25,26). The van der Waals surface area contributed by atoms with Gasteiger partial charge in [0.15, 0.2) is 5.82 Å². The fourth-order valence-corrected chi connectivity index (χ4v) is 2.63. The predicted octanol–water partition coefficient (Wildman–Crippen LogP) is 3.53. The van der Waals surface area contributed by atoms with Crippen LogP contribution in [0.3, 0.4) is 0 Å². The van der Waals surface area contributed by atoms with Crippen molar-refractivity contribution in [3.05, 3.63) is 59.5 Å². The number of methoxy groups -OCH3 is 1. The van der Waals surface area contributed by atoms with Crippen LogP contribution in [0.5, 0.6) is 17.4 Å². The van der Waals surface area contributed by atoms with Gasteiger partial charge >= 0.3 is 5.97 Å². The molecule has 3 aromatic rings. The van der Waals surface area contributed by atoms with Crippen molar-refractivity contribution >= 4 is 5.97 Å². The quantitative estimate of drug-likeness (QED) is 0.618. The Balaban J connectivity index is 1.82. The highest BCUT2D eigenvalue weighted by Crippen LogP contribution is 2.30. The molecule has 1 aromatic carbocycles. The molecule has 0 aliphatic heterocycles. The van der Waals surface area contributed by atoms with Gasteiger partial charge in [-0.15, -0.1) is 0 Å². The molecule has 1 N–H and O–H groups in total. The number of nitrogens with zero attached hydrogens (tertiary/aromatic N) is 3. The van der Waals surface area contributed by atoms with E-state index >= 15 is 0 Å². The van der Waals surface area contributed by atoms with Crippen molar-refractivity contribution in [3.63, 3.8) is 0 Å². The van der Waals surface area contributed by atoms with Crippen molar-refractivity contribution in [2.24, 2.45) is 0 Å². The Bertz CT molecular complexity index is 1010. The van der Waals surface area contributed by atoms with Gasteiger partial charge < -0.3 is 19.3 Å². The molecule has 0 spiro atoms. The third-order valence-electron chi connectivity index (χ3n) is 4.14. The number of ether oxygens (including phenoxy) is 3. The van der Waals surface area contributed by atoms with Gasteiger partial charge in [0.1, 0.15) is 18.1 Å². The SMILES string of the molecule is CCOc1cc(OCc2ccc(OC)cc2)ncc1-c1ncc(C(=O)O)c(C)n1. The van der Waals surface area contributed by atoms with Crippen molar-refractivity contribution < 1.29 is 24.1 Å². The Morgan fingerprint density at radius 1 is 1.10 bits per heavy atom. The molecule has 0 unspecified atom stereocenters. The van der Waals surface area contributed by atoms with Crippen LogP contribution < -0.4 is 14.2 Å². The summed E-state index contributed by atoms with van der Waals surface area (Å²) in [5, 5.41) is 9.14. The van der Waals surface area contributed by atoms with E-state index in [1.165, 1.54) is 6.20 Å². The average molecular weight is 395 g/mol. The lowest BCUT2D eigenvalue weighted by Crippen LogP contribution is -2.06. The van der Waals surface area contributed by atoms with Crippen LogP contribution in [0.4, 0.5) is 0 Å². The van der Waals surface area contributed by atoms with E-state index in [4.69, 9.17) is 19.3 Å². The zero-order chi connectivity index (χ0) is 20.8. The molecule has 0 bridgehead atoms. The van der Waals surface area contributed by atoms with Gasteiger partial charge in [-0.1, -0.05) is 12.1 Å². The van der Waals surface area contributed by atoms with Gasteiger partial charge in [-0.05, 0) is 31.5 Å². The number of carbonyl (C=O) groups is 1. The highest BCUT2D eigenvalue weighted by atomic mass is 16.5. The third-order valence-corrected chi connectivity index (χ3v) is 4.14. The van der Waals surface area contributed by atoms with Crippen LogP contribution in [0.25, 0.3) is 11.4 Å². The first-order chi connectivity index (χ1) is 14.0. The van der Waals surface area contributed by atoms with Crippen molar-refractivity contribution in [2.75, 3.05) is 13.7 Å². The van der Waals surface area contributed by atoms with E-state index in [0.717, 1.165) is 11.3 Å². The highest BCUT2D eigenvalue weighted by molar-refractivity contribution is 5.88. The maximum Gasteiger partial charge on any atom is 0.339 e. The summed E-state index contributed by atoms with van der Waals surface area (Å²) in [6, 6.07) is 9.23. The summed E-state index contributed by atoms with van der Waals surface area (Å²) in [7, 11) is 1.62. The topological polar surface area (TPSA) is 104 Å². The normalized spacial score (nSPS) is 10.4. The first-order valence-corrected chi connectivity index (χ1v) is 8.97. The first kappa shape index (κ1) is 20.1. The lowest BCUT2D eigenvalue weighted by molar-refractivity contribution is 0.0695. The van der Waals surface area contributed by atoms with E-state index in [1.54, 1.807) is 26.3 Å². The van der Waals surface area contributed by atoms with Gasteiger partial charge in [0.25, 0.3) is 0 Å². The number of pyridine rings is 1. The van der Waals surface area contributed by atoms with Crippen molar-refractivity contribution in [2.45, 2.75) is 20.5 Å². The number of benzene rings is 1. The van der Waals surface area contributed by atoms with Crippen molar-refractivity contribution in [3.8, 4) is 28.8 Å². The zero-order valence-electron chi connectivity index (χ0n) is 16.4. The predicted molar refractivity (Wildman–Crippen MR) is 105 cm³/mol. The molecule has 0 aliphatic carbocycles. The number of hydrogen-bond donors (Lipinski definition) is 1. The minimum atomic E-state index is -1.07. The van der Waals surface area contributed by atoms with E-state index in [1.807, 2.05) is 31.2 Å². The Morgan fingerprint density at radius 3 is 2.48 bits per heavy atom. The molecule has 0 atom stereocenters. The number of hydrogen-bond acceptors (Lipinski definition) is 7. The second-order valence-corrected chi connectivity index (χ2v) is 6.09. The molecule has 3 rings (SSSR count). The number of carboxylic acids is 1. The van der Waals surface area contributed by atoms with E-state index in [-0.39, 0.29) is 5.56 Å². The average Bonchev–Trinajstić information content (AvgIpc) is 2.72. The Hall–Kier alpha value is -3.68. The molecule has 8 heteroatoms. The molecule has 0 fully saturated rings. The van der Waals surface area contributed by atoms with Crippen LogP contribution in [0, 0.1) is 6.92 Å². The maximum absolute atomic E-state index is 11.2. The summed E-state index contributed by atoms with van der Waals surface area (Å²) in [4.78, 5) is 23.9. The minimum Gasteiger partial charge on any atom is -0.497 e. The maximum atomic E-state index is 11.2. The lowest BCUT2D eigenvalue weighted by atomic mass is 10.2. The van der Waals surface area contributed by atoms with Gasteiger partial charge in [-0.3, -0.25) is 0 Å². The second kappa shape index (κ2) is 9.01. The summed E-state index contributed by atoms with van der Waals surface area (Å²) in [5.74, 6) is 0.949. The zero-order valence-corrected chi connectivity index (χ0v) is 16.4. The van der Waals surface area contributed by atoms with Gasteiger partial charge in [-0.2, -0.15) is 0 Å². The second-order valence-electron chi connectivity index (χ2n) is 6.09. The van der Waals surface area contributed by atoms with E-state index < -0.39 is 5.97 Å². The van der Waals surface area contributed by atoms with Gasteiger partial charge in [0.2, 0.25) is 5.88 Å². The molecule has 29 heavy (non-hydrogen) atoms. The van der Waals surface area contributed by atoms with Crippen LogP contribution in [-0.4, -0.2) is 39.7 Å². The number of aromatic nitrogens is 3. The molecule has 0 saturated carbocycles. The monoisotopic (exact) mass is 395 g/mol. The number of carboxylic acid groups (broad SMARTS) is 1. The van der Waals surface area contributed by atoms with E-state index in [9.17, 15) is 4.79 Å². The first-order valence-electron chi connectivity index (χ1n) is 8.97. The molecule has 150 valence electrons. The van der Waals surface area contributed by atoms with E-state index in [2.05, 4.69) is 15.0 Å². The lowest BCUT2D eigenvalue weighted by Gasteiger charge is -2.12. The summed E-state index contributed by atoms with van der Waals surface area (Å²) >= 11 is 0. The highest BCUT2D eigenvalue weighted by Gasteiger charge is 2.16. The molecule has 0 aliphatic rings. The molecule has 0 amide bonds.